The van der Waals surface area contributed by atoms with E-state index < -0.39 is 25.1 Å². The van der Waals surface area contributed by atoms with Gasteiger partial charge >= 0.3 is 0 Å². The molecule has 0 aromatic rings. The molecule has 0 atom stereocenters. The molecule has 0 unspecified atom stereocenters. The maximum absolute atomic E-state index is 12.4. The van der Waals surface area contributed by atoms with Crippen molar-refractivity contribution in [2.24, 2.45) is 5.73 Å². The highest BCUT2D eigenvalue weighted by Crippen LogP contribution is 2.22. The smallest absolute Gasteiger partial charge is 0.217 e. The van der Waals surface area contributed by atoms with E-state index in [0.717, 1.165) is 0 Å². The molecule has 0 radical (unpaired) electrons. The van der Waals surface area contributed by atoms with Crippen molar-refractivity contribution in [2.75, 3.05) is 24.6 Å². The summed E-state index contributed by atoms with van der Waals surface area (Å²) in [5.74, 6) is -0.131. The third-order valence-corrected chi connectivity index (χ3v) is 7.28. The molecule has 1 aliphatic rings. The molecule has 1 aliphatic heterocycles. The third-order valence-electron chi connectivity index (χ3n) is 3.09. The summed E-state index contributed by atoms with van der Waals surface area (Å²) in [5.41, 5.74) is 5.42. The molecule has 19 heavy (non-hydrogen) atoms. The highest BCUT2D eigenvalue weighted by molar-refractivity contribution is 7.92. The van der Waals surface area contributed by atoms with Crippen LogP contribution in [0, 0.1) is 0 Å². The minimum atomic E-state index is -3.53. The van der Waals surface area contributed by atoms with Gasteiger partial charge in [-0.2, -0.15) is 4.31 Å². The number of sulfone groups is 1. The van der Waals surface area contributed by atoms with Gasteiger partial charge in [0.25, 0.3) is 0 Å². The molecule has 0 aromatic heterocycles. The van der Waals surface area contributed by atoms with Crippen LogP contribution in [0.25, 0.3) is 0 Å². The van der Waals surface area contributed by atoms with Crippen LogP contribution in [0.4, 0.5) is 0 Å². The van der Waals surface area contributed by atoms with E-state index >= 15 is 0 Å². The lowest BCUT2D eigenvalue weighted by molar-refractivity contribution is 0.434. The third kappa shape index (κ3) is 4.66. The molecule has 0 amide bonds. The zero-order chi connectivity index (χ0) is 14.7. The van der Waals surface area contributed by atoms with Gasteiger partial charge in [0, 0.05) is 6.54 Å². The number of rotatable bonds is 6. The van der Waals surface area contributed by atoms with Gasteiger partial charge in [-0.25, -0.2) is 16.8 Å². The van der Waals surface area contributed by atoms with Crippen molar-refractivity contribution in [3.05, 3.63) is 0 Å². The molecule has 1 rings (SSSR count). The van der Waals surface area contributed by atoms with Crippen molar-refractivity contribution in [1.82, 2.24) is 4.31 Å². The molecule has 0 bridgehead atoms. The van der Waals surface area contributed by atoms with Crippen molar-refractivity contribution in [1.29, 1.82) is 0 Å². The van der Waals surface area contributed by atoms with Crippen molar-refractivity contribution >= 4 is 37.1 Å². The van der Waals surface area contributed by atoms with E-state index in [2.05, 4.69) is 0 Å². The number of sulfonamides is 1. The summed E-state index contributed by atoms with van der Waals surface area (Å²) in [7, 11) is -6.60. The maximum atomic E-state index is 12.4. The van der Waals surface area contributed by atoms with E-state index in [4.69, 9.17) is 18.0 Å². The molecule has 1 fully saturated rings. The Balaban J connectivity index is 2.85. The number of nitrogens with zero attached hydrogens (tertiary/aromatic N) is 1. The van der Waals surface area contributed by atoms with E-state index in [0.29, 0.717) is 13.0 Å². The quantitative estimate of drug-likeness (QED) is 0.683. The molecule has 1 heterocycles. The molecular weight excluding hydrogens is 308 g/mol. The van der Waals surface area contributed by atoms with Crippen LogP contribution in [0.3, 0.4) is 0 Å². The Morgan fingerprint density at radius 1 is 1.37 bits per heavy atom. The molecular formula is C10H20N2O4S3. The second-order valence-corrected chi connectivity index (χ2v) is 9.74. The van der Waals surface area contributed by atoms with Gasteiger partial charge in [0.2, 0.25) is 10.0 Å². The Bertz CT molecular complexity index is 513. The van der Waals surface area contributed by atoms with Crippen LogP contribution in [-0.2, 0) is 19.9 Å². The molecule has 6 nitrogen and oxygen atoms in total. The van der Waals surface area contributed by atoms with E-state index in [1.54, 1.807) is 0 Å². The number of hydrogen-bond acceptors (Lipinski definition) is 5. The monoisotopic (exact) mass is 328 g/mol. The van der Waals surface area contributed by atoms with Gasteiger partial charge in [-0.1, -0.05) is 19.1 Å². The van der Waals surface area contributed by atoms with Crippen LogP contribution < -0.4 is 5.73 Å². The van der Waals surface area contributed by atoms with Crippen molar-refractivity contribution in [3.8, 4) is 0 Å². The van der Waals surface area contributed by atoms with Gasteiger partial charge in [0.05, 0.1) is 28.3 Å². The van der Waals surface area contributed by atoms with Crippen molar-refractivity contribution in [3.63, 3.8) is 0 Å². The Kier molecular flexibility index (Phi) is 5.72. The first-order valence-corrected chi connectivity index (χ1v) is 9.90. The Morgan fingerprint density at radius 2 is 1.89 bits per heavy atom. The van der Waals surface area contributed by atoms with Crippen LogP contribution in [0.5, 0.6) is 0 Å². The molecule has 2 N–H and O–H groups in total. The minimum absolute atomic E-state index is 0.0226. The maximum Gasteiger partial charge on any atom is 0.217 e. The zero-order valence-electron chi connectivity index (χ0n) is 10.9. The highest BCUT2D eigenvalue weighted by atomic mass is 32.2. The highest BCUT2D eigenvalue weighted by Gasteiger charge is 2.36. The lowest BCUT2D eigenvalue weighted by Crippen LogP contribution is -2.45. The molecule has 0 aliphatic carbocycles. The summed E-state index contributed by atoms with van der Waals surface area (Å²) < 4.78 is 48.8. The normalized spacial score (nSPS) is 20.5. The second kappa shape index (κ2) is 6.47. The fraction of sp³-hybridized carbons (Fsp3) is 0.900. The lowest BCUT2D eigenvalue weighted by atomic mass is 10.2. The molecule has 0 saturated carbocycles. The van der Waals surface area contributed by atoms with E-state index in [-0.39, 0.29) is 35.9 Å². The summed E-state index contributed by atoms with van der Waals surface area (Å²) in [5, 5.41) is -0.642. The van der Waals surface area contributed by atoms with Crippen molar-refractivity contribution in [2.45, 2.75) is 31.4 Å². The van der Waals surface area contributed by atoms with E-state index in [1.807, 2.05) is 6.92 Å². The van der Waals surface area contributed by atoms with Gasteiger partial charge in [0.15, 0.2) is 0 Å². The average Bonchev–Trinajstić information content (AvgIpc) is 2.27. The predicted octanol–water partition coefficient (Wildman–Crippen LogP) is -0.108. The summed E-state index contributed by atoms with van der Waals surface area (Å²) >= 11 is 4.77. The zero-order valence-corrected chi connectivity index (χ0v) is 13.4. The van der Waals surface area contributed by atoms with E-state index in [9.17, 15) is 16.8 Å². The Morgan fingerprint density at radius 3 is 2.32 bits per heavy atom. The Hall–Kier alpha value is -0.250. The molecule has 112 valence electrons. The van der Waals surface area contributed by atoms with Crippen LogP contribution in [0.2, 0.25) is 0 Å². The number of hydrogen-bond donors (Lipinski definition) is 1. The standard InChI is InChI=1S/C10H20N2O4S3/c1-2-5-12(8-10(11)17)19(15,16)9-3-6-18(13,14)7-4-9/h9H,2-8H2,1H3,(H2,11,17). The number of nitrogens with two attached hydrogens (primary N) is 1. The molecule has 0 aromatic carbocycles. The summed E-state index contributed by atoms with van der Waals surface area (Å²) in [6.07, 6.45) is 0.970. The fourth-order valence-corrected chi connectivity index (χ4v) is 6.13. The Labute approximate surface area is 120 Å². The second-order valence-electron chi connectivity index (χ2n) is 4.70. The van der Waals surface area contributed by atoms with Crippen LogP contribution in [-0.4, -0.2) is 56.0 Å². The largest absolute Gasteiger partial charge is 0.392 e. The summed E-state index contributed by atoms with van der Waals surface area (Å²) in [4.78, 5) is 0.125. The van der Waals surface area contributed by atoms with Gasteiger partial charge in [-0.15, -0.1) is 0 Å². The molecule has 1 saturated heterocycles. The van der Waals surface area contributed by atoms with Gasteiger partial charge in [-0.3, -0.25) is 0 Å². The van der Waals surface area contributed by atoms with Crippen LogP contribution in [0.1, 0.15) is 26.2 Å². The van der Waals surface area contributed by atoms with E-state index in [1.165, 1.54) is 4.31 Å². The van der Waals surface area contributed by atoms with Crippen LogP contribution >= 0.6 is 12.2 Å². The summed E-state index contributed by atoms with van der Waals surface area (Å²) in [6, 6.07) is 0. The first-order chi connectivity index (χ1) is 8.69. The lowest BCUT2D eigenvalue weighted by Gasteiger charge is -2.29. The molecule has 9 heteroatoms. The number of thiocarbonyl (C=S) groups is 1. The van der Waals surface area contributed by atoms with Gasteiger partial charge in [-0.05, 0) is 19.3 Å². The SMILES string of the molecule is CCCN(CC(N)=S)S(=O)(=O)C1CCS(=O)(=O)CC1. The summed E-state index contributed by atoms with van der Waals surface area (Å²) in [6.45, 7) is 2.24. The fourth-order valence-electron chi connectivity index (χ4n) is 2.10. The van der Waals surface area contributed by atoms with Crippen LogP contribution in [0.15, 0.2) is 0 Å². The average molecular weight is 328 g/mol. The molecule has 0 spiro atoms. The van der Waals surface area contributed by atoms with Crippen molar-refractivity contribution < 1.29 is 16.8 Å². The van der Waals surface area contributed by atoms with Gasteiger partial charge < -0.3 is 5.73 Å². The van der Waals surface area contributed by atoms with Gasteiger partial charge in [0.1, 0.15) is 9.84 Å². The first-order valence-electron chi connectivity index (χ1n) is 6.16. The minimum Gasteiger partial charge on any atom is -0.392 e. The topological polar surface area (TPSA) is 97.5 Å². The first kappa shape index (κ1) is 16.8. The predicted molar refractivity (Wildman–Crippen MR) is 79.2 cm³/mol.